The van der Waals surface area contributed by atoms with Gasteiger partial charge >= 0.3 is 5.97 Å². The van der Waals surface area contributed by atoms with Crippen molar-refractivity contribution in [3.8, 4) is 0 Å². The van der Waals surface area contributed by atoms with E-state index in [4.69, 9.17) is 16.3 Å². The van der Waals surface area contributed by atoms with Gasteiger partial charge in [-0.1, -0.05) is 23.7 Å². The van der Waals surface area contributed by atoms with Crippen molar-refractivity contribution >= 4 is 29.0 Å². The first kappa shape index (κ1) is 18.6. The minimum Gasteiger partial charge on any atom is -0.450 e. The zero-order valence-electron chi connectivity index (χ0n) is 13.9. The fraction of sp³-hybridized carbons (Fsp3) is 0.222. The number of hydrogen-bond acceptors (Lipinski definition) is 5. The molecule has 25 heavy (non-hydrogen) atoms. The van der Waals surface area contributed by atoms with Crippen LogP contribution < -0.4 is 0 Å². The molecule has 0 amide bonds. The minimum absolute atomic E-state index is 0.158. The second kappa shape index (κ2) is 7.44. The summed E-state index contributed by atoms with van der Waals surface area (Å²) in [5.41, 5.74) is 1.66. The summed E-state index contributed by atoms with van der Waals surface area (Å²) in [5.74, 6) is -1.36. The van der Waals surface area contributed by atoms with Crippen molar-refractivity contribution in [2.24, 2.45) is 0 Å². The van der Waals surface area contributed by atoms with Crippen LogP contribution in [0.4, 0.5) is 5.69 Å². The maximum absolute atomic E-state index is 12.4. The summed E-state index contributed by atoms with van der Waals surface area (Å²) >= 11 is 5.80. The number of nitro benzene ring substituents is 1. The molecule has 1 atom stereocenters. The second-order valence-electron chi connectivity index (χ2n) is 5.63. The zero-order valence-corrected chi connectivity index (χ0v) is 14.7. The van der Waals surface area contributed by atoms with Crippen LogP contribution in [0.2, 0.25) is 5.02 Å². The molecular formula is C18H16ClNO5. The Bertz CT molecular complexity index is 863. The number of nitrogens with zero attached hydrogens (tertiary/aromatic N) is 1. The number of carbonyl (C=O) groups is 2. The van der Waals surface area contributed by atoms with Gasteiger partial charge in [0.2, 0.25) is 5.78 Å². The van der Waals surface area contributed by atoms with E-state index in [-0.39, 0.29) is 16.4 Å². The van der Waals surface area contributed by atoms with Gasteiger partial charge in [-0.25, -0.2) is 4.79 Å². The number of ether oxygens (including phenoxy) is 1. The first-order chi connectivity index (χ1) is 11.7. The second-order valence-corrected chi connectivity index (χ2v) is 6.07. The summed E-state index contributed by atoms with van der Waals surface area (Å²) in [7, 11) is 0. The molecule has 2 aromatic carbocycles. The van der Waals surface area contributed by atoms with Gasteiger partial charge < -0.3 is 4.74 Å². The van der Waals surface area contributed by atoms with Crippen LogP contribution in [0.3, 0.4) is 0 Å². The first-order valence-electron chi connectivity index (χ1n) is 7.47. The van der Waals surface area contributed by atoms with Gasteiger partial charge in [0.05, 0.1) is 4.92 Å². The summed E-state index contributed by atoms with van der Waals surface area (Å²) in [6.07, 6.45) is -1.09. The number of Topliss-reactive ketones (excluding diaryl/α,β-unsaturated/α-hetero) is 1. The Balaban J connectivity index is 2.22. The molecule has 0 aromatic heterocycles. The highest BCUT2D eigenvalue weighted by Gasteiger charge is 2.26. The highest BCUT2D eigenvalue weighted by molar-refractivity contribution is 6.31. The van der Waals surface area contributed by atoms with Gasteiger partial charge in [0.1, 0.15) is 5.56 Å². The number of aryl methyl sites for hydroxylation is 2. The van der Waals surface area contributed by atoms with E-state index < -0.39 is 22.7 Å². The van der Waals surface area contributed by atoms with E-state index >= 15 is 0 Å². The van der Waals surface area contributed by atoms with Gasteiger partial charge in [-0.05, 0) is 50.1 Å². The van der Waals surface area contributed by atoms with Gasteiger partial charge in [-0.3, -0.25) is 14.9 Å². The molecule has 0 aliphatic heterocycles. The van der Waals surface area contributed by atoms with Gasteiger partial charge in [0, 0.05) is 16.7 Å². The molecule has 7 heteroatoms. The number of hydrogen-bond donors (Lipinski definition) is 0. The zero-order chi connectivity index (χ0) is 18.7. The molecule has 0 saturated heterocycles. The smallest absolute Gasteiger partial charge is 0.345 e. The summed E-state index contributed by atoms with van der Waals surface area (Å²) in [6, 6.07) is 8.74. The Morgan fingerprint density at radius 2 is 1.80 bits per heavy atom. The number of halogens is 1. The van der Waals surface area contributed by atoms with Crippen molar-refractivity contribution in [2.75, 3.05) is 0 Å². The molecule has 0 aliphatic carbocycles. The average Bonchev–Trinajstić information content (AvgIpc) is 2.56. The third-order valence-electron chi connectivity index (χ3n) is 3.82. The molecule has 0 spiro atoms. The summed E-state index contributed by atoms with van der Waals surface area (Å²) in [6.45, 7) is 5.22. The number of ketones is 1. The summed E-state index contributed by atoms with van der Waals surface area (Å²) in [5, 5.41) is 11.2. The van der Waals surface area contributed by atoms with Gasteiger partial charge in [-0.15, -0.1) is 0 Å². The summed E-state index contributed by atoms with van der Waals surface area (Å²) in [4.78, 5) is 35.0. The molecule has 6 nitrogen and oxygen atoms in total. The molecule has 0 saturated carbocycles. The standard InChI is InChI=1S/C18H16ClNO5/c1-10-4-5-13(8-11(10)2)17(21)12(3)25-18(22)15-9-14(19)6-7-16(15)20(23)24/h4-9,12H,1-3H3/t12-/m1/s1. The number of benzene rings is 2. The number of rotatable bonds is 5. The molecular weight excluding hydrogens is 346 g/mol. The van der Waals surface area contributed by atoms with E-state index in [0.717, 1.165) is 23.3 Å². The van der Waals surface area contributed by atoms with E-state index in [1.54, 1.807) is 18.2 Å². The van der Waals surface area contributed by atoms with Crippen LogP contribution in [0.25, 0.3) is 0 Å². The van der Waals surface area contributed by atoms with Crippen LogP contribution in [-0.2, 0) is 4.74 Å². The molecule has 0 heterocycles. The lowest BCUT2D eigenvalue weighted by Crippen LogP contribution is -2.25. The number of nitro groups is 1. The first-order valence-corrected chi connectivity index (χ1v) is 7.85. The van der Waals surface area contributed by atoms with Crippen LogP contribution in [0, 0.1) is 24.0 Å². The van der Waals surface area contributed by atoms with Gasteiger partial charge in [0.15, 0.2) is 6.10 Å². The molecule has 0 bridgehead atoms. The molecule has 0 unspecified atom stereocenters. The van der Waals surface area contributed by atoms with Crippen LogP contribution >= 0.6 is 11.6 Å². The van der Waals surface area contributed by atoms with Crippen molar-refractivity contribution in [3.63, 3.8) is 0 Å². The monoisotopic (exact) mass is 361 g/mol. The largest absolute Gasteiger partial charge is 0.450 e. The van der Waals surface area contributed by atoms with E-state index in [1.165, 1.54) is 13.0 Å². The maximum atomic E-state index is 12.4. The lowest BCUT2D eigenvalue weighted by molar-refractivity contribution is -0.385. The number of carbonyl (C=O) groups excluding carboxylic acids is 2. The van der Waals surface area contributed by atoms with E-state index in [2.05, 4.69) is 0 Å². The lowest BCUT2D eigenvalue weighted by atomic mass is 10.0. The molecule has 0 fully saturated rings. The highest BCUT2D eigenvalue weighted by Crippen LogP contribution is 2.24. The van der Waals surface area contributed by atoms with Gasteiger partial charge in [-0.2, -0.15) is 0 Å². The van der Waals surface area contributed by atoms with E-state index in [9.17, 15) is 19.7 Å². The fourth-order valence-corrected chi connectivity index (χ4v) is 2.41. The lowest BCUT2D eigenvalue weighted by Gasteiger charge is -2.13. The Labute approximate surface area is 149 Å². The predicted octanol–water partition coefficient (Wildman–Crippen LogP) is 4.29. The Morgan fingerprint density at radius 3 is 2.40 bits per heavy atom. The van der Waals surface area contributed by atoms with Crippen LogP contribution in [0.5, 0.6) is 0 Å². The van der Waals surface area contributed by atoms with E-state index in [1.807, 2.05) is 13.8 Å². The molecule has 0 radical (unpaired) electrons. The van der Waals surface area contributed by atoms with Crippen molar-refractivity contribution in [1.82, 2.24) is 0 Å². The third kappa shape index (κ3) is 4.22. The Hall–Kier alpha value is -2.73. The minimum atomic E-state index is -1.09. The average molecular weight is 362 g/mol. The number of esters is 1. The summed E-state index contributed by atoms with van der Waals surface area (Å²) < 4.78 is 5.12. The van der Waals surface area contributed by atoms with Crippen LogP contribution in [0.15, 0.2) is 36.4 Å². The SMILES string of the molecule is Cc1ccc(C(=O)[C@@H](C)OC(=O)c2cc(Cl)ccc2[N+](=O)[O-])cc1C. The van der Waals surface area contributed by atoms with Crippen molar-refractivity contribution in [3.05, 3.63) is 73.8 Å². The van der Waals surface area contributed by atoms with Crippen LogP contribution in [-0.4, -0.2) is 22.8 Å². The predicted molar refractivity (Wildman–Crippen MR) is 93.2 cm³/mol. The maximum Gasteiger partial charge on any atom is 0.345 e. The molecule has 2 aromatic rings. The van der Waals surface area contributed by atoms with E-state index in [0.29, 0.717) is 5.56 Å². The Kier molecular flexibility index (Phi) is 5.54. The highest BCUT2D eigenvalue weighted by atomic mass is 35.5. The van der Waals surface area contributed by atoms with Crippen LogP contribution in [0.1, 0.15) is 38.8 Å². The van der Waals surface area contributed by atoms with Crippen molar-refractivity contribution < 1.29 is 19.2 Å². The molecule has 0 aliphatic rings. The Morgan fingerprint density at radius 1 is 1.12 bits per heavy atom. The third-order valence-corrected chi connectivity index (χ3v) is 4.05. The quantitative estimate of drug-likeness (QED) is 0.343. The molecule has 2 rings (SSSR count). The normalized spacial score (nSPS) is 11.7. The van der Waals surface area contributed by atoms with Crippen molar-refractivity contribution in [1.29, 1.82) is 0 Å². The van der Waals surface area contributed by atoms with Gasteiger partial charge in [0.25, 0.3) is 5.69 Å². The molecule has 130 valence electrons. The van der Waals surface area contributed by atoms with Crippen molar-refractivity contribution in [2.45, 2.75) is 26.9 Å². The fourth-order valence-electron chi connectivity index (χ4n) is 2.24. The topological polar surface area (TPSA) is 86.5 Å². The molecule has 0 N–H and O–H groups in total.